The third kappa shape index (κ3) is 9.40. The van der Waals surface area contributed by atoms with Crippen molar-refractivity contribution in [1.29, 1.82) is 0 Å². The van der Waals surface area contributed by atoms with Crippen molar-refractivity contribution in [3.05, 3.63) is 107 Å². The molecule has 0 amide bonds. The van der Waals surface area contributed by atoms with Crippen molar-refractivity contribution in [3.8, 4) is 0 Å². The summed E-state index contributed by atoms with van der Waals surface area (Å²) in [5, 5.41) is 0. The maximum atomic E-state index is 13.3. The number of rotatable bonds is 12. The number of benzene rings is 3. The first kappa shape index (κ1) is 27.3. The highest BCUT2D eigenvalue weighted by Crippen LogP contribution is 2.51. The van der Waals surface area contributed by atoms with Gasteiger partial charge >= 0.3 is 19.8 Å². The van der Waals surface area contributed by atoms with Crippen LogP contribution in [0.1, 0.15) is 46.0 Å². The minimum Gasteiger partial charge on any atom is -0.287 e. The number of phosphoric acid groups is 1. The zero-order valence-corrected chi connectivity index (χ0v) is 21.1. The van der Waals surface area contributed by atoms with Crippen LogP contribution >= 0.6 is 7.82 Å². The standard InChI is InChI=1S/C27H29O8P/c1-21-16-25(18-26(17-21)27(29)35-34-22(2)28)14-9-15-31-36(30,32-19-23-10-5-3-6-11-23)33-20-24-12-7-4-8-13-24/h3-8,10-13,16-18H,9,14-15,19-20H2,1-2H3. The number of phosphoric ester groups is 1. The van der Waals surface area contributed by atoms with E-state index in [-0.39, 0.29) is 25.4 Å². The second-order valence-electron chi connectivity index (χ2n) is 8.06. The molecule has 0 heterocycles. The molecular formula is C27H29O8P. The van der Waals surface area contributed by atoms with Crippen LogP contribution in [0.4, 0.5) is 0 Å². The Kier molecular flexibility index (Phi) is 10.4. The molecule has 0 bridgehead atoms. The predicted octanol–water partition coefficient (Wildman–Crippen LogP) is 6.12. The Bertz CT molecular complexity index is 1130. The molecule has 0 N–H and O–H groups in total. The van der Waals surface area contributed by atoms with E-state index in [0.29, 0.717) is 12.8 Å². The zero-order chi connectivity index (χ0) is 25.8. The molecule has 0 saturated carbocycles. The van der Waals surface area contributed by atoms with E-state index >= 15 is 0 Å². The van der Waals surface area contributed by atoms with Gasteiger partial charge in [-0.3, -0.25) is 13.6 Å². The van der Waals surface area contributed by atoms with Crippen molar-refractivity contribution in [2.45, 2.75) is 39.9 Å². The molecule has 0 atom stereocenters. The van der Waals surface area contributed by atoms with Crippen molar-refractivity contribution < 1.29 is 37.5 Å². The normalized spacial score (nSPS) is 11.2. The number of aryl methyl sites for hydroxylation is 2. The van der Waals surface area contributed by atoms with Gasteiger partial charge in [-0.15, -0.1) is 0 Å². The molecule has 9 heteroatoms. The van der Waals surface area contributed by atoms with Crippen molar-refractivity contribution >= 4 is 19.8 Å². The Morgan fingerprint density at radius 1 is 0.750 bits per heavy atom. The summed E-state index contributed by atoms with van der Waals surface area (Å²) in [6.07, 6.45) is 1.03. The zero-order valence-electron chi connectivity index (χ0n) is 20.3. The molecule has 36 heavy (non-hydrogen) atoms. The van der Waals surface area contributed by atoms with Crippen LogP contribution in [0.5, 0.6) is 0 Å². The van der Waals surface area contributed by atoms with Gasteiger partial charge in [-0.1, -0.05) is 66.7 Å². The van der Waals surface area contributed by atoms with Crippen LogP contribution < -0.4 is 0 Å². The first-order chi connectivity index (χ1) is 17.3. The third-order valence-corrected chi connectivity index (χ3v) is 6.32. The Morgan fingerprint density at radius 3 is 1.89 bits per heavy atom. The van der Waals surface area contributed by atoms with E-state index in [2.05, 4.69) is 9.78 Å². The van der Waals surface area contributed by atoms with E-state index in [9.17, 15) is 14.2 Å². The van der Waals surface area contributed by atoms with Gasteiger partial charge in [0, 0.05) is 6.92 Å². The van der Waals surface area contributed by atoms with Gasteiger partial charge in [-0.25, -0.2) is 23.9 Å². The van der Waals surface area contributed by atoms with E-state index in [1.54, 1.807) is 12.1 Å². The van der Waals surface area contributed by atoms with Gasteiger partial charge in [-0.2, -0.15) is 0 Å². The number of hydrogen-bond donors (Lipinski definition) is 0. The fourth-order valence-electron chi connectivity index (χ4n) is 3.29. The minimum atomic E-state index is -3.85. The molecule has 0 fully saturated rings. The molecule has 0 unspecified atom stereocenters. The fraction of sp³-hybridized carbons (Fsp3) is 0.259. The molecule has 8 nitrogen and oxygen atoms in total. The Balaban J connectivity index is 1.58. The summed E-state index contributed by atoms with van der Waals surface area (Å²) in [4.78, 5) is 31.8. The van der Waals surface area contributed by atoms with Crippen LogP contribution in [0.2, 0.25) is 0 Å². The lowest BCUT2D eigenvalue weighted by Crippen LogP contribution is -2.10. The second kappa shape index (κ2) is 13.7. The Hall–Kier alpha value is -3.29. The molecule has 0 saturated heterocycles. The highest BCUT2D eigenvalue weighted by molar-refractivity contribution is 7.48. The largest absolute Gasteiger partial charge is 0.475 e. The van der Waals surface area contributed by atoms with Gasteiger partial charge in [0.2, 0.25) is 0 Å². The van der Waals surface area contributed by atoms with Crippen LogP contribution in [0.25, 0.3) is 0 Å². The summed E-state index contributed by atoms with van der Waals surface area (Å²) in [6, 6.07) is 23.9. The SMILES string of the molecule is CC(=O)OOC(=O)c1cc(C)cc(CCCOP(=O)(OCc2ccccc2)OCc2ccccc2)c1. The summed E-state index contributed by atoms with van der Waals surface area (Å²) in [5.74, 6) is -1.48. The van der Waals surface area contributed by atoms with Crippen LogP contribution in [-0.2, 0) is 52.3 Å². The smallest absolute Gasteiger partial charge is 0.287 e. The summed E-state index contributed by atoms with van der Waals surface area (Å²) in [5.41, 5.74) is 3.63. The summed E-state index contributed by atoms with van der Waals surface area (Å²) < 4.78 is 30.2. The first-order valence-electron chi connectivity index (χ1n) is 11.4. The molecule has 3 aromatic rings. The monoisotopic (exact) mass is 512 g/mol. The minimum absolute atomic E-state index is 0.0819. The van der Waals surface area contributed by atoms with E-state index in [0.717, 1.165) is 29.2 Å². The Morgan fingerprint density at radius 2 is 1.33 bits per heavy atom. The van der Waals surface area contributed by atoms with E-state index in [1.165, 1.54) is 0 Å². The van der Waals surface area contributed by atoms with E-state index in [1.807, 2.05) is 73.7 Å². The lowest BCUT2D eigenvalue weighted by Gasteiger charge is -2.18. The first-order valence-corrected chi connectivity index (χ1v) is 12.9. The average Bonchev–Trinajstić information content (AvgIpc) is 2.88. The van der Waals surface area contributed by atoms with E-state index < -0.39 is 19.8 Å². The molecular weight excluding hydrogens is 483 g/mol. The van der Waals surface area contributed by atoms with Gasteiger partial charge < -0.3 is 0 Å². The summed E-state index contributed by atoms with van der Waals surface area (Å²) >= 11 is 0. The predicted molar refractivity (Wildman–Crippen MR) is 133 cm³/mol. The molecule has 0 aromatic heterocycles. The molecule has 0 radical (unpaired) electrons. The van der Waals surface area contributed by atoms with E-state index in [4.69, 9.17) is 13.6 Å². The van der Waals surface area contributed by atoms with Gasteiger partial charge in [0.05, 0.1) is 25.4 Å². The van der Waals surface area contributed by atoms with Crippen LogP contribution in [0.3, 0.4) is 0 Å². The summed E-state index contributed by atoms with van der Waals surface area (Å²) in [7, 11) is -3.85. The number of carbonyl (C=O) groups excluding carboxylic acids is 2. The molecule has 3 rings (SSSR count). The number of hydrogen-bond acceptors (Lipinski definition) is 8. The third-order valence-electron chi connectivity index (χ3n) is 4.93. The van der Waals surface area contributed by atoms with Crippen LogP contribution in [0.15, 0.2) is 78.9 Å². The number of carbonyl (C=O) groups is 2. The van der Waals surface area contributed by atoms with Crippen molar-refractivity contribution in [1.82, 2.24) is 0 Å². The topological polar surface area (TPSA) is 97.4 Å². The van der Waals surface area contributed by atoms with Gasteiger partial charge in [0.15, 0.2) is 0 Å². The van der Waals surface area contributed by atoms with Crippen molar-refractivity contribution in [2.75, 3.05) is 6.61 Å². The van der Waals surface area contributed by atoms with Crippen LogP contribution in [0, 0.1) is 6.92 Å². The molecule has 0 spiro atoms. The molecule has 0 aliphatic heterocycles. The lowest BCUT2D eigenvalue weighted by atomic mass is 10.0. The van der Waals surface area contributed by atoms with Crippen LogP contribution in [-0.4, -0.2) is 18.5 Å². The van der Waals surface area contributed by atoms with Crippen molar-refractivity contribution in [2.24, 2.45) is 0 Å². The van der Waals surface area contributed by atoms with Gasteiger partial charge in [-0.05, 0) is 54.2 Å². The maximum absolute atomic E-state index is 13.3. The molecule has 190 valence electrons. The fourth-order valence-corrected chi connectivity index (χ4v) is 4.48. The van der Waals surface area contributed by atoms with Gasteiger partial charge in [0.25, 0.3) is 0 Å². The Labute approximate surface area is 210 Å². The highest BCUT2D eigenvalue weighted by Gasteiger charge is 2.27. The average molecular weight is 512 g/mol. The second-order valence-corrected chi connectivity index (χ2v) is 9.72. The lowest BCUT2D eigenvalue weighted by molar-refractivity contribution is -0.231. The molecule has 3 aromatic carbocycles. The summed E-state index contributed by atoms with van der Waals surface area (Å²) in [6.45, 7) is 3.26. The quantitative estimate of drug-likeness (QED) is 0.124. The molecule has 0 aliphatic carbocycles. The van der Waals surface area contributed by atoms with Crippen molar-refractivity contribution in [3.63, 3.8) is 0 Å². The maximum Gasteiger partial charge on any atom is 0.475 e. The van der Waals surface area contributed by atoms with Gasteiger partial charge in [0.1, 0.15) is 0 Å². The molecule has 0 aliphatic rings. The highest BCUT2D eigenvalue weighted by atomic mass is 31.2.